The Morgan fingerprint density at radius 1 is 1.24 bits per heavy atom. The van der Waals surface area contributed by atoms with Gasteiger partial charge in [0.15, 0.2) is 0 Å². The normalized spacial score (nSPS) is 22.1. The van der Waals surface area contributed by atoms with E-state index >= 15 is 0 Å². The van der Waals surface area contributed by atoms with Crippen LogP contribution in [0.1, 0.15) is 52.4 Å². The highest BCUT2D eigenvalue weighted by Gasteiger charge is 2.37. The summed E-state index contributed by atoms with van der Waals surface area (Å²) in [5.74, 6) is 0. The summed E-state index contributed by atoms with van der Waals surface area (Å²) in [6, 6.07) is 1.36. The topological polar surface area (TPSA) is 44.7 Å². The van der Waals surface area contributed by atoms with E-state index in [1.807, 2.05) is 0 Å². The van der Waals surface area contributed by atoms with Crippen molar-refractivity contribution in [2.45, 2.75) is 64.5 Å². The van der Waals surface area contributed by atoms with Gasteiger partial charge in [-0.05, 0) is 43.9 Å². The average molecular weight is 298 g/mol. The van der Waals surface area contributed by atoms with Crippen molar-refractivity contribution in [2.75, 3.05) is 39.5 Å². The molecule has 1 aliphatic heterocycles. The SMILES string of the molecule is CCC(CC)N(CCO)CC1(CNC2CC2)CCOCC1. The summed E-state index contributed by atoms with van der Waals surface area (Å²) in [5, 5.41) is 13.2. The van der Waals surface area contributed by atoms with Crippen molar-refractivity contribution in [3.05, 3.63) is 0 Å². The largest absolute Gasteiger partial charge is 0.395 e. The molecule has 0 aromatic heterocycles. The van der Waals surface area contributed by atoms with Gasteiger partial charge in [0.25, 0.3) is 0 Å². The van der Waals surface area contributed by atoms with Crippen LogP contribution in [0.5, 0.6) is 0 Å². The monoisotopic (exact) mass is 298 g/mol. The van der Waals surface area contributed by atoms with Gasteiger partial charge in [-0.3, -0.25) is 4.90 Å². The van der Waals surface area contributed by atoms with Crippen molar-refractivity contribution in [1.82, 2.24) is 10.2 Å². The van der Waals surface area contributed by atoms with Crippen molar-refractivity contribution >= 4 is 0 Å². The maximum Gasteiger partial charge on any atom is 0.0558 e. The maximum atomic E-state index is 9.44. The van der Waals surface area contributed by atoms with Gasteiger partial charge in [0.1, 0.15) is 0 Å². The molecule has 21 heavy (non-hydrogen) atoms. The summed E-state index contributed by atoms with van der Waals surface area (Å²) < 4.78 is 5.61. The molecule has 2 rings (SSSR count). The number of rotatable bonds is 10. The van der Waals surface area contributed by atoms with Gasteiger partial charge in [0.2, 0.25) is 0 Å². The van der Waals surface area contributed by atoms with E-state index in [0.29, 0.717) is 11.5 Å². The molecule has 1 heterocycles. The summed E-state index contributed by atoms with van der Waals surface area (Å²) in [7, 11) is 0. The highest BCUT2D eigenvalue weighted by molar-refractivity contribution is 4.92. The van der Waals surface area contributed by atoms with Gasteiger partial charge in [-0.1, -0.05) is 13.8 Å². The second-order valence-electron chi connectivity index (χ2n) is 6.93. The number of aliphatic hydroxyl groups excluding tert-OH is 1. The number of hydrogen-bond acceptors (Lipinski definition) is 4. The van der Waals surface area contributed by atoms with Crippen LogP contribution in [0.25, 0.3) is 0 Å². The van der Waals surface area contributed by atoms with Crippen molar-refractivity contribution < 1.29 is 9.84 Å². The van der Waals surface area contributed by atoms with Gasteiger partial charge in [0.05, 0.1) is 6.61 Å². The van der Waals surface area contributed by atoms with E-state index in [1.54, 1.807) is 0 Å². The Kier molecular flexibility index (Phi) is 6.93. The summed E-state index contributed by atoms with van der Waals surface area (Å²) in [6.45, 7) is 9.59. The lowest BCUT2D eigenvalue weighted by atomic mass is 9.79. The first-order valence-electron chi connectivity index (χ1n) is 8.89. The lowest BCUT2D eigenvalue weighted by Gasteiger charge is -2.43. The van der Waals surface area contributed by atoms with Crippen LogP contribution < -0.4 is 5.32 Å². The fourth-order valence-corrected chi connectivity index (χ4v) is 3.60. The molecule has 0 amide bonds. The molecule has 0 radical (unpaired) electrons. The molecular weight excluding hydrogens is 264 g/mol. The zero-order chi connectivity index (χ0) is 15.1. The first-order chi connectivity index (χ1) is 10.2. The van der Waals surface area contributed by atoms with Crippen LogP contribution in [-0.2, 0) is 4.74 Å². The van der Waals surface area contributed by atoms with Crippen LogP contribution in [0.3, 0.4) is 0 Å². The van der Waals surface area contributed by atoms with Crippen LogP contribution in [0.15, 0.2) is 0 Å². The number of nitrogens with zero attached hydrogens (tertiary/aromatic N) is 1. The minimum absolute atomic E-state index is 0.263. The van der Waals surface area contributed by atoms with E-state index in [2.05, 4.69) is 24.1 Å². The predicted octanol–water partition coefficient (Wildman–Crippen LogP) is 2.02. The van der Waals surface area contributed by atoms with E-state index in [0.717, 1.165) is 51.7 Å². The molecule has 0 unspecified atom stereocenters. The third-order valence-corrected chi connectivity index (χ3v) is 5.28. The van der Waals surface area contributed by atoms with Gasteiger partial charge in [-0.25, -0.2) is 0 Å². The maximum absolute atomic E-state index is 9.44. The molecule has 0 spiro atoms. The molecule has 2 N–H and O–H groups in total. The van der Waals surface area contributed by atoms with E-state index in [1.165, 1.54) is 25.7 Å². The molecule has 0 bridgehead atoms. The Morgan fingerprint density at radius 3 is 2.43 bits per heavy atom. The summed E-state index contributed by atoms with van der Waals surface area (Å²) >= 11 is 0. The number of ether oxygens (including phenoxy) is 1. The lowest BCUT2D eigenvalue weighted by Crippen LogP contribution is -2.51. The molecule has 2 aliphatic rings. The second kappa shape index (κ2) is 8.47. The van der Waals surface area contributed by atoms with E-state index in [4.69, 9.17) is 4.74 Å². The zero-order valence-electron chi connectivity index (χ0n) is 13.9. The van der Waals surface area contributed by atoms with Crippen molar-refractivity contribution in [3.63, 3.8) is 0 Å². The van der Waals surface area contributed by atoms with Crippen LogP contribution in [0, 0.1) is 5.41 Å². The molecule has 0 aromatic rings. The number of hydrogen-bond donors (Lipinski definition) is 2. The first-order valence-corrected chi connectivity index (χ1v) is 8.89. The fraction of sp³-hybridized carbons (Fsp3) is 1.00. The predicted molar refractivity (Wildman–Crippen MR) is 86.5 cm³/mol. The zero-order valence-corrected chi connectivity index (χ0v) is 13.9. The summed E-state index contributed by atoms with van der Waals surface area (Å²) in [5.41, 5.74) is 0.332. The second-order valence-corrected chi connectivity index (χ2v) is 6.93. The molecule has 1 saturated heterocycles. The highest BCUT2D eigenvalue weighted by atomic mass is 16.5. The quantitative estimate of drug-likeness (QED) is 0.648. The van der Waals surface area contributed by atoms with Crippen LogP contribution in [-0.4, -0.2) is 61.5 Å². The molecule has 0 aromatic carbocycles. The molecule has 0 atom stereocenters. The molecular formula is C17H34N2O2. The van der Waals surface area contributed by atoms with Gasteiger partial charge >= 0.3 is 0 Å². The van der Waals surface area contributed by atoms with Gasteiger partial charge in [0, 0.05) is 44.9 Å². The van der Waals surface area contributed by atoms with E-state index in [-0.39, 0.29) is 6.61 Å². The minimum atomic E-state index is 0.263. The van der Waals surface area contributed by atoms with Crippen molar-refractivity contribution in [1.29, 1.82) is 0 Å². The van der Waals surface area contributed by atoms with Crippen molar-refractivity contribution in [3.8, 4) is 0 Å². The van der Waals surface area contributed by atoms with Crippen LogP contribution >= 0.6 is 0 Å². The third-order valence-electron chi connectivity index (χ3n) is 5.28. The van der Waals surface area contributed by atoms with Gasteiger partial charge < -0.3 is 15.2 Å². The smallest absolute Gasteiger partial charge is 0.0558 e. The van der Waals surface area contributed by atoms with Crippen LogP contribution in [0.4, 0.5) is 0 Å². The fourth-order valence-electron chi connectivity index (χ4n) is 3.60. The van der Waals surface area contributed by atoms with Gasteiger partial charge in [-0.15, -0.1) is 0 Å². The summed E-state index contributed by atoms with van der Waals surface area (Å²) in [6.07, 6.45) is 7.32. The molecule has 124 valence electrons. The van der Waals surface area contributed by atoms with Crippen LogP contribution in [0.2, 0.25) is 0 Å². The highest BCUT2D eigenvalue weighted by Crippen LogP contribution is 2.33. The van der Waals surface area contributed by atoms with E-state index < -0.39 is 0 Å². The Bertz CT molecular complexity index is 285. The molecule has 2 fully saturated rings. The molecule has 1 saturated carbocycles. The number of nitrogens with one attached hydrogen (secondary N) is 1. The Morgan fingerprint density at radius 2 is 1.90 bits per heavy atom. The lowest BCUT2D eigenvalue weighted by molar-refractivity contribution is -0.0158. The number of aliphatic hydroxyl groups is 1. The Balaban J connectivity index is 1.98. The molecule has 4 nitrogen and oxygen atoms in total. The third kappa shape index (κ3) is 5.20. The van der Waals surface area contributed by atoms with Crippen molar-refractivity contribution in [2.24, 2.45) is 5.41 Å². The Hall–Kier alpha value is -0.160. The summed E-state index contributed by atoms with van der Waals surface area (Å²) in [4.78, 5) is 2.53. The standard InChI is InChI=1S/C17H34N2O2/c1-3-16(4-2)19(9-10-20)14-17(7-11-21-12-8-17)13-18-15-5-6-15/h15-16,18,20H,3-14H2,1-2H3. The molecule has 4 heteroatoms. The van der Waals surface area contributed by atoms with Gasteiger partial charge in [-0.2, -0.15) is 0 Å². The van der Waals surface area contributed by atoms with E-state index in [9.17, 15) is 5.11 Å². The first kappa shape index (κ1) is 17.2. The minimum Gasteiger partial charge on any atom is -0.395 e. The molecule has 1 aliphatic carbocycles. The average Bonchev–Trinajstić information content (AvgIpc) is 3.32. The Labute approximate surface area is 130 Å².